The van der Waals surface area contributed by atoms with Crippen LogP contribution in [0.15, 0.2) is 24.3 Å². The highest BCUT2D eigenvalue weighted by atomic mass is 19.4. The molecule has 1 aromatic carbocycles. The van der Waals surface area contributed by atoms with Crippen LogP contribution in [0.5, 0.6) is 0 Å². The van der Waals surface area contributed by atoms with E-state index in [4.69, 9.17) is 0 Å². The summed E-state index contributed by atoms with van der Waals surface area (Å²) in [6.07, 6.45) is -4.53. The molecule has 0 bridgehead atoms. The number of alkyl halides is 3. The molecule has 1 unspecified atom stereocenters. The maximum absolute atomic E-state index is 13.0. The lowest BCUT2D eigenvalue weighted by Gasteiger charge is -2.38. The fourth-order valence-electron chi connectivity index (χ4n) is 3.18. The maximum Gasteiger partial charge on any atom is 0.418 e. The number of nitrogens with one attached hydrogen (secondary N) is 2. The molecule has 0 aromatic heterocycles. The zero-order valence-electron chi connectivity index (χ0n) is 17.3. The first kappa shape index (κ1) is 23.2. The van der Waals surface area contributed by atoms with Crippen LogP contribution >= 0.6 is 0 Å². The van der Waals surface area contributed by atoms with Gasteiger partial charge in [0.05, 0.1) is 23.8 Å². The number of rotatable bonds is 5. The number of piperazine rings is 1. The summed E-state index contributed by atoms with van der Waals surface area (Å²) in [4.78, 5) is 28.5. The molecular weight excluding hydrogens is 385 g/mol. The molecular formula is C20H29F3N4O2. The molecule has 0 radical (unpaired) electrons. The minimum absolute atomic E-state index is 0.00258. The summed E-state index contributed by atoms with van der Waals surface area (Å²) in [5.74, 6) is -0.541. The summed E-state index contributed by atoms with van der Waals surface area (Å²) >= 11 is 0. The van der Waals surface area contributed by atoms with Gasteiger partial charge in [0.2, 0.25) is 11.8 Å². The highest BCUT2D eigenvalue weighted by Crippen LogP contribution is 2.34. The quantitative estimate of drug-likeness (QED) is 0.777. The van der Waals surface area contributed by atoms with Crippen molar-refractivity contribution in [3.8, 4) is 0 Å². The van der Waals surface area contributed by atoms with E-state index in [2.05, 4.69) is 10.6 Å². The highest BCUT2D eigenvalue weighted by molar-refractivity contribution is 5.93. The Kier molecular flexibility index (Phi) is 7.29. The molecule has 2 N–H and O–H groups in total. The van der Waals surface area contributed by atoms with Gasteiger partial charge in [-0.25, -0.2) is 0 Å². The summed E-state index contributed by atoms with van der Waals surface area (Å²) in [6, 6.07) is 4.64. The number of benzene rings is 1. The van der Waals surface area contributed by atoms with Crippen LogP contribution in [-0.4, -0.2) is 65.9 Å². The van der Waals surface area contributed by atoms with E-state index in [1.54, 1.807) is 0 Å². The standard InChI is InChI=1S/C20H29F3N4O2/c1-14(18(29)25-19(2,3)4)27-11-9-26(10-12-27)13-17(28)24-16-8-6-5-7-15(16)20(21,22)23/h5-8,14H,9-13H2,1-4H3,(H,24,28)(H,25,29). The Morgan fingerprint density at radius 1 is 1.07 bits per heavy atom. The second-order valence-electron chi connectivity index (χ2n) is 8.32. The van der Waals surface area contributed by atoms with Gasteiger partial charge < -0.3 is 10.6 Å². The Labute approximate surface area is 169 Å². The molecule has 1 atom stereocenters. The molecule has 162 valence electrons. The Hall–Kier alpha value is -2.13. The molecule has 0 saturated carbocycles. The zero-order chi connectivity index (χ0) is 21.8. The number of carbonyl (C=O) groups excluding carboxylic acids is 2. The van der Waals surface area contributed by atoms with Crippen LogP contribution in [0, 0.1) is 0 Å². The topological polar surface area (TPSA) is 64.7 Å². The minimum Gasteiger partial charge on any atom is -0.350 e. The monoisotopic (exact) mass is 414 g/mol. The summed E-state index contributed by atoms with van der Waals surface area (Å²) in [5.41, 5.74) is -1.41. The molecule has 6 nitrogen and oxygen atoms in total. The van der Waals surface area contributed by atoms with E-state index in [-0.39, 0.29) is 29.7 Å². The average molecular weight is 414 g/mol. The van der Waals surface area contributed by atoms with Crippen molar-refractivity contribution in [2.45, 2.75) is 45.5 Å². The van der Waals surface area contributed by atoms with Gasteiger partial charge in [0.15, 0.2) is 0 Å². The number of para-hydroxylation sites is 1. The predicted molar refractivity (Wildman–Crippen MR) is 105 cm³/mol. The van der Waals surface area contributed by atoms with Crippen molar-refractivity contribution in [1.29, 1.82) is 0 Å². The smallest absolute Gasteiger partial charge is 0.350 e. The first-order valence-electron chi connectivity index (χ1n) is 9.61. The molecule has 1 aromatic rings. The number of nitrogens with zero attached hydrogens (tertiary/aromatic N) is 2. The third kappa shape index (κ3) is 7.01. The SMILES string of the molecule is CC(C(=O)NC(C)(C)C)N1CCN(CC(=O)Nc2ccccc2C(F)(F)F)CC1. The summed E-state index contributed by atoms with van der Waals surface area (Å²) in [6.45, 7) is 9.93. The molecule has 1 heterocycles. The third-order valence-electron chi connectivity index (χ3n) is 4.71. The fourth-order valence-corrected chi connectivity index (χ4v) is 3.18. The van der Waals surface area contributed by atoms with E-state index >= 15 is 0 Å². The fraction of sp³-hybridized carbons (Fsp3) is 0.600. The van der Waals surface area contributed by atoms with Gasteiger partial charge in [-0.3, -0.25) is 19.4 Å². The van der Waals surface area contributed by atoms with E-state index in [9.17, 15) is 22.8 Å². The number of amides is 2. The number of hydrogen-bond acceptors (Lipinski definition) is 4. The molecule has 1 aliphatic heterocycles. The number of carbonyl (C=O) groups is 2. The number of anilines is 1. The van der Waals surface area contributed by atoms with Crippen LogP contribution in [0.3, 0.4) is 0 Å². The van der Waals surface area contributed by atoms with Crippen LogP contribution in [-0.2, 0) is 15.8 Å². The third-order valence-corrected chi connectivity index (χ3v) is 4.71. The van der Waals surface area contributed by atoms with Crippen molar-refractivity contribution < 1.29 is 22.8 Å². The molecule has 2 amide bonds. The largest absolute Gasteiger partial charge is 0.418 e. The zero-order valence-corrected chi connectivity index (χ0v) is 17.3. The number of halogens is 3. The molecule has 0 spiro atoms. The Morgan fingerprint density at radius 3 is 2.21 bits per heavy atom. The Bertz CT molecular complexity index is 723. The van der Waals surface area contributed by atoms with Gasteiger partial charge in [-0.2, -0.15) is 13.2 Å². The number of hydrogen-bond donors (Lipinski definition) is 2. The van der Waals surface area contributed by atoms with Gasteiger partial charge in [-0.1, -0.05) is 12.1 Å². The van der Waals surface area contributed by atoms with Crippen molar-refractivity contribution >= 4 is 17.5 Å². The minimum atomic E-state index is -4.53. The van der Waals surface area contributed by atoms with E-state index in [0.29, 0.717) is 26.2 Å². The second kappa shape index (κ2) is 9.13. The van der Waals surface area contributed by atoms with Gasteiger partial charge >= 0.3 is 6.18 Å². The van der Waals surface area contributed by atoms with Crippen molar-refractivity contribution in [3.63, 3.8) is 0 Å². The lowest BCUT2D eigenvalue weighted by molar-refractivity contribution is -0.137. The lowest BCUT2D eigenvalue weighted by atomic mass is 10.1. The molecule has 1 saturated heterocycles. The van der Waals surface area contributed by atoms with Crippen molar-refractivity contribution in [3.05, 3.63) is 29.8 Å². The first-order valence-corrected chi connectivity index (χ1v) is 9.61. The molecule has 9 heteroatoms. The van der Waals surface area contributed by atoms with Crippen molar-refractivity contribution in [2.75, 3.05) is 38.0 Å². The average Bonchev–Trinajstić information content (AvgIpc) is 2.59. The van der Waals surface area contributed by atoms with Crippen molar-refractivity contribution in [1.82, 2.24) is 15.1 Å². The molecule has 2 rings (SSSR count). The van der Waals surface area contributed by atoms with Gasteiger partial charge in [-0.05, 0) is 39.8 Å². The molecule has 29 heavy (non-hydrogen) atoms. The van der Waals surface area contributed by atoms with Crippen LogP contribution in [0.2, 0.25) is 0 Å². The van der Waals surface area contributed by atoms with E-state index in [0.717, 1.165) is 6.07 Å². The van der Waals surface area contributed by atoms with E-state index < -0.39 is 17.6 Å². The lowest BCUT2D eigenvalue weighted by Crippen LogP contribution is -2.56. The van der Waals surface area contributed by atoms with Crippen LogP contribution in [0.25, 0.3) is 0 Å². The van der Waals surface area contributed by atoms with Gasteiger partial charge in [0.25, 0.3) is 0 Å². The highest BCUT2D eigenvalue weighted by Gasteiger charge is 2.34. The summed E-state index contributed by atoms with van der Waals surface area (Å²) in [7, 11) is 0. The predicted octanol–water partition coefficient (Wildman–Crippen LogP) is 2.56. The van der Waals surface area contributed by atoms with Crippen LogP contribution in [0.1, 0.15) is 33.3 Å². The Morgan fingerprint density at radius 2 is 1.66 bits per heavy atom. The van der Waals surface area contributed by atoms with E-state index in [1.165, 1.54) is 18.2 Å². The van der Waals surface area contributed by atoms with Crippen LogP contribution in [0.4, 0.5) is 18.9 Å². The summed E-state index contributed by atoms with van der Waals surface area (Å²) < 4.78 is 39.1. The molecule has 0 aliphatic carbocycles. The first-order chi connectivity index (χ1) is 13.4. The van der Waals surface area contributed by atoms with Crippen molar-refractivity contribution in [2.24, 2.45) is 0 Å². The van der Waals surface area contributed by atoms with Gasteiger partial charge in [0.1, 0.15) is 0 Å². The van der Waals surface area contributed by atoms with E-state index in [1.807, 2.05) is 37.5 Å². The molecule has 1 fully saturated rings. The normalized spacial score (nSPS) is 17.6. The molecule has 1 aliphatic rings. The summed E-state index contributed by atoms with van der Waals surface area (Å²) in [5, 5.41) is 5.32. The van der Waals surface area contributed by atoms with Gasteiger partial charge in [-0.15, -0.1) is 0 Å². The van der Waals surface area contributed by atoms with Crippen LogP contribution < -0.4 is 10.6 Å². The van der Waals surface area contributed by atoms with Gasteiger partial charge in [0, 0.05) is 31.7 Å². The maximum atomic E-state index is 13.0. The Balaban J connectivity index is 1.86. The second-order valence-corrected chi connectivity index (χ2v) is 8.32.